The van der Waals surface area contributed by atoms with Gasteiger partial charge < -0.3 is 10.3 Å². The molecule has 0 radical (unpaired) electrons. The Labute approximate surface area is 179 Å². The van der Waals surface area contributed by atoms with Gasteiger partial charge in [-0.15, -0.1) is 0 Å². The first kappa shape index (κ1) is 21.0. The van der Waals surface area contributed by atoms with E-state index >= 15 is 0 Å². The van der Waals surface area contributed by atoms with Gasteiger partial charge in [0.1, 0.15) is 0 Å². The molecule has 1 aliphatic rings. The first-order valence-electron chi connectivity index (χ1n) is 9.99. The third kappa shape index (κ3) is 4.30. The lowest BCUT2D eigenvalue weighted by molar-refractivity contribution is -0.384. The summed E-state index contributed by atoms with van der Waals surface area (Å²) in [6.07, 6.45) is 4.31. The fraction of sp³-hybridized carbons (Fsp3) is 0.286. The maximum absolute atomic E-state index is 12.7. The summed E-state index contributed by atoms with van der Waals surface area (Å²) in [6.45, 7) is 1.29. The number of amides is 1. The lowest BCUT2D eigenvalue weighted by Gasteiger charge is -2.25. The second-order valence-corrected chi connectivity index (χ2v) is 9.42. The number of piperidine rings is 1. The van der Waals surface area contributed by atoms with Gasteiger partial charge >= 0.3 is 0 Å². The number of non-ortho nitro benzene ring substituents is 1. The van der Waals surface area contributed by atoms with Crippen molar-refractivity contribution in [1.82, 2.24) is 14.6 Å². The van der Waals surface area contributed by atoms with Gasteiger partial charge in [0.25, 0.3) is 11.6 Å². The zero-order valence-corrected chi connectivity index (χ0v) is 17.5. The lowest BCUT2D eigenvalue weighted by Crippen LogP contribution is -2.35. The molecule has 2 N–H and O–H groups in total. The molecule has 3 aromatic rings. The molecule has 1 saturated heterocycles. The molecule has 31 heavy (non-hydrogen) atoms. The van der Waals surface area contributed by atoms with Crippen molar-refractivity contribution in [1.29, 1.82) is 0 Å². The number of nitro groups is 1. The predicted molar refractivity (Wildman–Crippen MR) is 115 cm³/mol. The van der Waals surface area contributed by atoms with Crippen LogP contribution in [0.1, 0.15) is 35.2 Å². The van der Waals surface area contributed by atoms with Gasteiger partial charge in [-0.25, -0.2) is 8.42 Å². The number of carbonyl (C=O) groups is 1. The summed E-state index contributed by atoms with van der Waals surface area (Å²) >= 11 is 0. The van der Waals surface area contributed by atoms with Gasteiger partial charge in [-0.05, 0) is 36.6 Å². The van der Waals surface area contributed by atoms with Gasteiger partial charge in [0.2, 0.25) is 10.0 Å². The average molecular weight is 442 g/mol. The normalized spacial score (nSPS) is 15.1. The van der Waals surface area contributed by atoms with Crippen molar-refractivity contribution >= 4 is 32.5 Å². The number of nitrogens with zero attached hydrogens (tertiary/aromatic N) is 2. The van der Waals surface area contributed by atoms with Gasteiger partial charge in [-0.1, -0.05) is 18.6 Å². The minimum absolute atomic E-state index is 0.0911. The molecule has 9 nitrogen and oxygen atoms in total. The van der Waals surface area contributed by atoms with Crippen LogP contribution in [0.3, 0.4) is 0 Å². The van der Waals surface area contributed by atoms with E-state index in [0.29, 0.717) is 29.6 Å². The van der Waals surface area contributed by atoms with E-state index in [2.05, 4.69) is 10.3 Å². The van der Waals surface area contributed by atoms with Crippen LogP contribution in [0.2, 0.25) is 0 Å². The molecule has 1 aliphatic heterocycles. The number of benzene rings is 2. The molecule has 0 aliphatic carbocycles. The van der Waals surface area contributed by atoms with E-state index in [9.17, 15) is 23.3 Å². The molecule has 10 heteroatoms. The van der Waals surface area contributed by atoms with Crippen LogP contribution in [0, 0.1) is 10.1 Å². The highest BCUT2D eigenvalue weighted by molar-refractivity contribution is 7.89. The van der Waals surface area contributed by atoms with Crippen LogP contribution in [-0.2, 0) is 16.6 Å². The maximum atomic E-state index is 12.7. The quantitative estimate of drug-likeness (QED) is 0.448. The monoisotopic (exact) mass is 442 g/mol. The van der Waals surface area contributed by atoms with E-state index in [4.69, 9.17) is 0 Å². The zero-order valence-electron chi connectivity index (χ0n) is 16.7. The number of nitrogens with one attached hydrogen (secondary N) is 2. The van der Waals surface area contributed by atoms with Crippen molar-refractivity contribution < 1.29 is 18.1 Å². The largest absolute Gasteiger partial charge is 0.360 e. The highest BCUT2D eigenvalue weighted by Crippen LogP contribution is 2.24. The molecular weight excluding hydrogens is 420 g/mol. The number of nitro benzene ring substituents is 1. The molecule has 0 bridgehead atoms. The summed E-state index contributed by atoms with van der Waals surface area (Å²) in [5.74, 6) is -0.378. The van der Waals surface area contributed by atoms with Crippen LogP contribution >= 0.6 is 0 Å². The van der Waals surface area contributed by atoms with Gasteiger partial charge in [0, 0.05) is 48.9 Å². The summed E-state index contributed by atoms with van der Waals surface area (Å²) in [6, 6.07) is 10.8. The second-order valence-electron chi connectivity index (χ2n) is 7.48. The number of aromatic amines is 1. The Morgan fingerprint density at radius 3 is 2.48 bits per heavy atom. The number of sulfonamides is 1. The zero-order chi connectivity index (χ0) is 22.0. The van der Waals surface area contributed by atoms with Crippen molar-refractivity contribution in [2.45, 2.75) is 30.7 Å². The van der Waals surface area contributed by atoms with Gasteiger partial charge in [0.15, 0.2) is 0 Å². The molecule has 162 valence electrons. The summed E-state index contributed by atoms with van der Waals surface area (Å²) in [4.78, 5) is 26.3. The maximum Gasteiger partial charge on any atom is 0.270 e. The van der Waals surface area contributed by atoms with Crippen LogP contribution in [0.4, 0.5) is 5.69 Å². The number of rotatable bonds is 6. The van der Waals surface area contributed by atoms with Crippen LogP contribution in [-0.4, -0.2) is 41.6 Å². The Kier molecular flexibility index (Phi) is 5.75. The topological polar surface area (TPSA) is 125 Å². The molecular formula is C21H22N4O5S. The standard InChI is InChI=1S/C21H22N4O5S/c26-21(19-14-22-20-9-6-16(25(27)28)12-18(19)20)23-13-15-4-7-17(8-5-15)31(29,30)24-10-2-1-3-11-24/h4-9,12,14,22H,1-3,10-11,13H2,(H,23,26). The van der Waals surface area contributed by atoms with E-state index in [-0.39, 0.29) is 23.0 Å². The Morgan fingerprint density at radius 2 is 1.81 bits per heavy atom. The van der Waals surface area contributed by atoms with Crippen LogP contribution in [0.25, 0.3) is 10.9 Å². The molecule has 1 fully saturated rings. The van der Waals surface area contributed by atoms with E-state index < -0.39 is 14.9 Å². The summed E-state index contributed by atoms with van der Waals surface area (Å²) in [5.41, 5.74) is 1.59. The molecule has 0 spiro atoms. The number of hydrogen-bond acceptors (Lipinski definition) is 5. The van der Waals surface area contributed by atoms with Crippen LogP contribution in [0.15, 0.2) is 53.6 Å². The van der Waals surface area contributed by atoms with Gasteiger partial charge in [0.05, 0.1) is 15.4 Å². The molecule has 0 atom stereocenters. The summed E-state index contributed by atoms with van der Waals surface area (Å²) in [7, 11) is -3.49. The van der Waals surface area contributed by atoms with Crippen molar-refractivity contribution in [3.8, 4) is 0 Å². The minimum Gasteiger partial charge on any atom is -0.360 e. The molecule has 4 rings (SSSR count). The van der Waals surface area contributed by atoms with E-state index in [1.165, 1.54) is 22.6 Å². The lowest BCUT2D eigenvalue weighted by atomic mass is 10.1. The third-order valence-electron chi connectivity index (χ3n) is 5.45. The molecule has 0 unspecified atom stereocenters. The molecule has 1 aromatic heterocycles. The second kappa shape index (κ2) is 8.48. The van der Waals surface area contributed by atoms with Crippen molar-refractivity contribution in [3.63, 3.8) is 0 Å². The first-order valence-corrected chi connectivity index (χ1v) is 11.4. The number of H-pyrrole nitrogens is 1. The number of aromatic nitrogens is 1. The van der Waals surface area contributed by atoms with Crippen molar-refractivity contribution in [2.24, 2.45) is 0 Å². The fourth-order valence-corrected chi connectivity index (χ4v) is 5.24. The number of carbonyl (C=O) groups excluding carboxylic acids is 1. The predicted octanol–water partition coefficient (Wildman–Crippen LogP) is 3.18. The smallest absolute Gasteiger partial charge is 0.270 e. The molecule has 0 saturated carbocycles. The highest BCUT2D eigenvalue weighted by atomic mass is 32.2. The highest BCUT2D eigenvalue weighted by Gasteiger charge is 2.25. The molecule has 2 aromatic carbocycles. The number of hydrogen-bond donors (Lipinski definition) is 2. The Hall–Kier alpha value is -3.24. The Balaban J connectivity index is 1.45. The SMILES string of the molecule is O=C(NCc1ccc(S(=O)(=O)N2CCCCC2)cc1)c1c[nH]c2ccc([N+](=O)[O-])cc12. The molecule has 1 amide bonds. The third-order valence-corrected chi connectivity index (χ3v) is 7.36. The molecule has 2 heterocycles. The number of fused-ring (bicyclic) bond motifs is 1. The Morgan fingerprint density at radius 1 is 1.10 bits per heavy atom. The van der Waals surface area contributed by atoms with Crippen molar-refractivity contribution in [3.05, 3.63) is 69.9 Å². The van der Waals surface area contributed by atoms with Crippen LogP contribution in [0.5, 0.6) is 0 Å². The van der Waals surface area contributed by atoms with Crippen molar-refractivity contribution in [2.75, 3.05) is 13.1 Å². The minimum atomic E-state index is -3.49. The van der Waals surface area contributed by atoms with Gasteiger partial charge in [-0.3, -0.25) is 14.9 Å². The fourth-order valence-electron chi connectivity index (χ4n) is 3.72. The summed E-state index contributed by atoms with van der Waals surface area (Å²) < 4.78 is 27.0. The van der Waals surface area contributed by atoms with E-state index in [0.717, 1.165) is 24.8 Å². The van der Waals surface area contributed by atoms with E-state index in [1.807, 2.05) is 0 Å². The summed E-state index contributed by atoms with van der Waals surface area (Å²) in [5, 5.41) is 14.2. The van der Waals surface area contributed by atoms with Crippen LogP contribution < -0.4 is 5.32 Å². The van der Waals surface area contributed by atoms with Gasteiger partial charge in [-0.2, -0.15) is 4.31 Å². The Bertz CT molecular complexity index is 1230. The van der Waals surface area contributed by atoms with E-state index in [1.54, 1.807) is 30.3 Å². The average Bonchev–Trinajstić information content (AvgIpc) is 3.21. The first-order chi connectivity index (χ1) is 14.9.